The Morgan fingerprint density at radius 3 is 2.33 bits per heavy atom. The summed E-state index contributed by atoms with van der Waals surface area (Å²) in [5, 5.41) is 1.49. The highest BCUT2D eigenvalue weighted by atomic mass is 35.5. The molecule has 156 valence electrons. The van der Waals surface area contributed by atoms with E-state index in [1.54, 1.807) is 6.07 Å². The third-order valence-electron chi connectivity index (χ3n) is 6.00. The van der Waals surface area contributed by atoms with Gasteiger partial charge in [0.15, 0.2) is 0 Å². The molecule has 0 radical (unpaired) electrons. The maximum Gasteiger partial charge on any atom is 0.270 e. The molecule has 1 fully saturated rings. The van der Waals surface area contributed by atoms with Crippen molar-refractivity contribution in [3.05, 3.63) is 65.5 Å². The molecule has 0 amide bonds. The number of carbonyl (C=O) groups excluding carboxylic acids is 1. The predicted molar refractivity (Wildman–Crippen MR) is 123 cm³/mol. The minimum atomic E-state index is -0.510. The van der Waals surface area contributed by atoms with Gasteiger partial charge in [-0.15, -0.1) is 0 Å². The van der Waals surface area contributed by atoms with Crippen molar-refractivity contribution in [3.8, 4) is 11.5 Å². The lowest BCUT2D eigenvalue weighted by molar-refractivity contribution is 0.107. The molecule has 3 aromatic rings. The van der Waals surface area contributed by atoms with E-state index in [0.717, 1.165) is 34.4 Å². The van der Waals surface area contributed by atoms with Gasteiger partial charge in [0.1, 0.15) is 17.2 Å². The summed E-state index contributed by atoms with van der Waals surface area (Å²) >= 11 is 5.75. The quantitative estimate of drug-likeness (QED) is 0.402. The summed E-state index contributed by atoms with van der Waals surface area (Å²) in [5.41, 5.74) is 2.65. The van der Waals surface area contributed by atoms with E-state index in [-0.39, 0.29) is 5.41 Å². The summed E-state index contributed by atoms with van der Waals surface area (Å²) in [6.07, 6.45) is 5.86. The summed E-state index contributed by atoms with van der Waals surface area (Å²) in [5.74, 6) is 2.20. The zero-order valence-electron chi connectivity index (χ0n) is 17.9. The normalized spacial score (nSPS) is 14.9. The number of carbonyl (C=O) groups is 1. The molecule has 1 heterocycles. The fourth-order valence-electron chi connectivity index (χ4n) is 4.26. The van der Waals surface area contributed by atoms with Crippen LogP contribution in [0.25, 0.3) is 10.8 Å². The highest BCUT2D eigenvalue weighted by Gasteiger charge is 2.19. The van der Waals surface area contributed by atoms with Crippen LogP contribution in [0.15, 0.2) is 48.5 Å². The number of pyridine rings is 1. The van der Waals surface area contributed by atoms with Crippen molar-refractivity contribution in [1.82, 2.24) is 4.98 Å². The Morgan fingerprint density at radius 2 is 1.70 bits per heavy atom. The molecule has 0 aliphatic heterocycles. The van der Waals surface area contributed by atoms with Crippen LogP contribution in [-0.4, -0.2) is 10.2 Å². The number of fused-ring (bicyclic) bond motifs is 1. The minimum Gasteiger partial charge on any atom is -0.457 e. The molecular formula is C26H28ClNO2. The molecule has 30 heavy (non-hydrogen) atoms. The van der Waals surface area contributed by atoms with Gasteiger partial charge in [-0.1, -0.05) is 64.7 Å². The predicted octanol–water partition coefficient (Wildman–Crippen LogP) is 7.44. The highest BCUT2D eigenvalue weighted by Crippen LogP contribution is 2.33. The average Bonchev–Trinajstić information content (AvgIpc) is 3.21. The summed E-state index contributed by atoms with van der Waals surface area (Å²) in [4.78, 5) is 16.4. The molecule has 1 aliphatic rings. The first-order valence-corrected chi connectivity index (χ1v) is 11.1. The molecule has 0 bridgehead atoms. The lowest BCUT2D eigenvalue weighted by Crippen LogP contribution is -2.10. The van der Waals surface area contributed by atoms with Gasteiger partial charge >= 0.3 is 0 Å². The molecule has 1 aliphatic carbocycles. The van der Waals surface area contributed by atoms with Crippen LogP contribution < -0.4 is 4.74 Å². The van der Waals surface area contributed by atoms with Gasteiger partial charge in [-0.2, -0.15) is 0 Å². The molecule has 0 spiro atoms. The van der Waals surface area contributed by atoms with Gasteiger partial charge in [-0.25, -0.2) is 4.98 Å². The first-order valence-electron chi connectivity index (χ1n) is 10.7. The lowest BCUT2D eigenvalue weighted by Gasteiger charge is -2.19. The van der Waals surface area contributed by atoms with Crippen molar-refractivity contribution in [2.45, 2.75) is 58.3 Å². The van der Waals surface area contributed by atoms with E-state index in [2.05, 4.69) is 37.9 Å². The van der Waals surface area contributed by atoms with Crippen molar-refractivity contribution < 1.29 is 9.53 Å². The van der Waals surface area contributed by atoms with Gasteiger partial charge in [-0.3, -0.25) is 4.79 Å². The van der Waals surface area contributed by atoms with Gasteiger partial charge in [0, 0.05) is 11.1 Å². The molecule has 2 aromatic carbocycles. The third kappa shape index (κ3) is 4.67. The van der Waals surface area contributed by atoms with Crippen molar-refractivity contribution in [2.24, 2.45) is 5.92 Å². The van der Waals surface area contributed by atoms with Crippen LogP contribution in [0.3, 0.4) is 0 Å². The molecule has 4 rings (SSSR count). The lowest BCUT2D eigenvalue weighted by atomic mass is 9.87. The molecule has 0 N–H and O–H groups in total. The average molecular weight is 422 g/mol. The zero-order chi connectivity index (χ0) is 21.3. The molecule has 4 heteroatoms. The summed E-state index contributed by atoms with van der Waals surface area (Å²) < 4.78 is 6.14. The number of rotatable bonds is 5. The monoisotopic (exact) mass is 421 g/mol. The molecule has 3 nitrogen and oxygen atoms in total. The number of nitrogens with zero attached hydrogens (tertiary/aromatic N) is 1. The number of aromatic nitrogens is 1. The molecule has 0 unspecified atom stereocenters. The number of halogens is 1. The highest BCUT2D eigenvalue weighted by molar-refractivity contribution is 6.67. The molecule has 0 saturated heterocycles. The van der Waals surface area contributed by atoms with Crippen LogP contribution in [0.5, 0.6) is 11.5 Å². The van der Waals surface area contributed by atoms with Crippen LogP contribution in [0, 0.1) is 5.92 Å². The summed E-state index contributed by atoms with van der Waals surface area (Å²) in [6.45, 7) is 6.60. The Kier molecular flexibility index (Phi) is 5.84. The van der Waals surface area contributed by atoms with E-state index in [9.17, 15) is 4.79 Å². The third-order valence-corrected chi connectivity index (χ3v) is 6.19. The second kappa shape index (κ2) is 8.39. The molecular weight excluding hydrogens is 394 g/mol. The van der Waals surface area contributed by atoms with Crippen molar-refractivity contribution in [2.75, 3.05) is 0 Å². The Labute approximate surface area is 183 Å². The standard InChI is InChI=1S/C26H28ClNO2/c1-26(2,3)19-9-12-20(13-10-19)30-21-11-8-18-15-24(25(27)29)28-23(22(18)16-21)14-17-6-4-5-7-17/h8-13,15-17H,4-7,14H2,1-3H3. The van der Waals surface area contributed by atoms with Crippen molar-refractivity contribution in [3.63, 3.8) is 0 Å². The molecule has 1 saturated carbocycles. The SMILES string of the molecule is CC(C)(C)c1ccc(Oc2ccc3cc(C(=O)Cl)nc(CC4CCCC4)c3c2)cc1. The van der Waals surface area contributed by atoms with E-state index in [4.69, 9.17) is 16.3 Å². The van der Waals surface area contributed by atoms with Crippen LogP contribution in [0.1, 0.15) is 68.2 Å². The maximum atomic E-state index is 11.8. The van der Waals surface area contributed by atoms with E-state index in [0.29, 0.717) is 11.6 Å². The fourth-order valence-corrected chi connectivity index (χ4v) is 4.36. The Bertz CT molecular complexity index is 1060. The molecule has 0 atom stereocenters. The summed E-state index contributed by atoms with van der Waals surface area (Å²) in [7, 11) is 0. The Hall–Kier alpha value is -2.39. The van der Waals surface area contributed by atoms with Gasteiger partial charge in [0.2, 0.25) is 0 Å². The molecule has 1 aromatic heterocycles. The fraction of sp³-hybridized carbons (Fsp3) is 0.385. The number of hydrogen-bond donors (Lipinski definition) is 0. The van der Waals surface area contributed by atoms with Gasteiger partial charge in [0.05, 0.1) is 0 Å². The Morgan fingerprint density at radius 1 is 1.03 bits per heavy atom. The largest absolute Gasteiger partial charge is 0.457 e. The van der Waals surface area contributed by atoms with Crippen molar-refractivity contribution >= 4 is 27.6 Å². The van der Waals surface area contributed by atoms with Crippen LogP contribution in [-0.2, 0) is 11.8 Å². The second-order valence-electron chi connectivity index (χ2n) is 9.34. The van der Waals surface area contributed by atoms with Gasteiger partial charge in [-0.05, 0) is 70.6 Å². The minimum absolute atomic E-state index is 0.111. The van der Waals surface area contributed by atoms with E-state index in [1.165, 1.54) is 31.2 Å². The van der Waals surface area contributed by atoms with Gasteiger partial charge < -0.3 is 4.74 Å². The number of ether oxygens (including phenoxy) is 1. The first kappa shape index (κ1) is 20.9. The topological polar surface area (TPSA) is 39.2 Å². The summed E-state index contributed by atoms with van der Waals surface area (Å²) in [6, 6.07) is 16.0. The maximum absolute atomic E-state index is 11.8. The first-order chi connectivity index (χ1) is 14.3. The van der Waals surface area contributed by atoms with Crippen LogP contribution >= 0.6 is 11.6 Å². The van der Waals surface area contributed by atoms with E-state index >= 15 is 0 Å². The number of hydrogen-bond acceptors (Lipinski definition) is 3. The van der Waals surface area contributed by atoms with Crippen LogP contribution in [0.2, 0.25) is 0 Å². The number of benzene rings is 2. The zero-order valence-corrected chi connectivity index (χ0v) is 18.6. The second-order valence-corrected chi connectivity index (χ2v) is 9.69. The van der Waals surface area contributed by atoms with Crippen molar-refractivity contribution in [1.29, 1.82) is 0 Å². The van der Waals surface area contributed by atoms with Gasteiger partial charge in [0.25, 0.3) is 5.24 Å². The van der Waals surface area contributed by atoms with E-state index < -0.39 is 5.24 Å². The smallest absolute Gasteiger partial charge is 0.270 e. The van der Waals surface area contributed by atoms with E-state index in [1.807, 2.05) is 30.3 Å². The Balaban J connectivity index is 1.66. The van der Waals surface area contributed by atoms with Crippen LogP contribution in [0.4, 0.5) is 0 Å².